The number of rotatable bonds is 6. The standard InChI is InChI=1S/C27H38ClFN4O2/c1-19-22(28)5-3-6-23(19)31-13-8-20(9-14-31)10-15-33-24-7-2-4-21(24)25(30-33)26(35)32-16-11-27(29,18-34)12-17-32/h3,5-6,20,25,30,34H,2,4,7-18H2,1H3. The summed E-state index contributed by atoms with van der Waals surface area (Å²) in [4.78, 5) is 17.6. The summed E-state index contributed by atoms with van der Waals surface area (Å²) in [5, 5.41) is 12.4. The number of hydrazine groups is 1. The van der Waals surface area contributed by atoms with Crippen molar-refractivity contribution in [2.24, 2.45) is 5.92 Å². The van der Waals surface area contributed by atoms with Crippen LogP contribution in [0.15, 0.2) is 29.5 Å². The number of allylic oxidation sites excluding steroid dienone is 1. The molecule has 1 atom stereocenters. The van der Waals surface area contributed by atoms with Crippen LogP contribution in [0.1, 0.15) is 56.9 Å². The molecule has 5 rings (SSSR count). The van der Waals surface area contributed by atoms with Gasteiger partial charge in [-0.1, -0.05) is 17.7 Å². The van der Waals surface area contributed by atoms with Gasteiger partial charge in [-0.2, -0.15) is 0 Å². The van der Waals surface area contributed by atoms with Gasteiger partial charge in [0.05, 0.1) is 6.61 Å². The van der Waals surface area contributed by atoms with Crippen molar-refractivity contribution in [2.75, 3.05) is 44.2 Å². The molecule has 2 N–H and O–H groups in total. The minimum atomic E-state index is -1.54. The van der Waals surface area contributed by atoms with Gasteiger partial charge in [0.25, 0.3) is 0 Å². The van der Waals surface area contributed by atoms with E-state index in [1.54, 1.807) is 4.90 Å². The number of carbonyl (C=O) groups is 1. The molecule has 0 spiro atoms. The predicted molar refractivity (Wildman–Crippen MR) is 137 cm³/mol. The van der Waals surface area contributed by atoms with Crippen LogP contribution in [0.5, 0.6) is 0 Å². The highest BCUT2D eigenvalue weighted by molar-refractivity contribution is 6.31. The molecule has 1 aliphatic carbocycles. The average Bonchev–Trinajstić information content (AvgIpc) is 3.48. The molecule has 2 saturated heterocycles. The Bertz CT molecular complexity index is 970. The van der Waals surface area contributed by atoms with Gasteiger partial charge < -0.3 is 19.9 Å². The maximum atomic E-state index is 14.4. The molecule has 4 aliphatic rings. The Morgan fingerprint density at radius 3 is 2.66 bits per heavy atom. The van der Waals surface area contributed by atoms with Crippen molar-refractivity contribution in [3.63, 3.8) is 0 Å². The molecule has 6 nitrogen and oxygen atoms in total. The monoisotopic (exact) mass is 504 g/mol. The van der Waals surface area contributed by atoms with E-state index in [0.717, 1.165) is 68.7 Å². The molecule has 1 aromatic rings. The Kier molecular flexibility index (Phi) is 7.29. The fourth-order valence-corrected chi connectivity index (χ4v) is 6.44. The molecular weight excluding hydrogens is 467 g/mol. The number of amides is 1. The second-order valence-corrected chi connectivity index (χ2v) is 11.2. The number of aliphatic hydroxyl groups excluding tert-OH is 1. The van der Waals surface area contributed by atoms with Gasteiger partial charge >= 0.3 is 0 Å². The van der Waals surface area contributed by atoms with Crippen LogP contribution in [0.2, 0.25) is 5.02 Å². The van der Waals surface area contributed by atoms with Crippen LogP contribution < -0.4 is 10.3 Å². The van der Waals surface area contributed by atoms with Gasteiger partial charge in [-0.15, -0.1) is 0 Å². The number of nitrogens with one attached hydrogen (secondary N) is 1. The van der Waals surface area contributed by atoms with Crippen molar-refractivity contribution in [2.45, 2.75) is 70.0 Å². The molecule has 1 aromatic carbocycles. The molecule has 0 aromatic heterocycles. The van der Waals surface area contributed by atoms with E-state index in [-0.39, 0.29) is 24.8 Å². The Labute approximate surface area is 213 Å². The Hall–Kier alpha value is -1.83. The highest BCUT2D eigenvalue weighted by atomic mass is 35.5. The van der Waals surface area contributed by atoms with Gasteiger partial charge in [-0.05, 0) is 74.6 Å². The molecule has 3 heterocycles. The molecular formula is C27H38ClFN4O2. The summed E-state index contributed by atoms with van der Waals surface area (Å²) in [6.07, 6.45) is 6.95. The summed E-state index contributed by atoms with van der Waals surface area (Å²) in [5.74, 6) is 0.734. The first-order chi connectivity index (χ1) is 16.9. The number of hydrogen-bond donors (Lipinski definition) is 2. The van der Waals surface area contributed by atoms with Crippen molar-refractivity contribution in [1.82, 2.24) is 15.3 Å². The van der Waals surface area contributed by atoms with Gasteiger partial charge in [-0.25, -0.2) is 9.82 Å². The lowest BCUT2D eigenvalue weighted by Crippen LogP contribution is -2.53. The molecule has 2 fully saturated rings. The van der Waals surface area contributed by atoms with Crippen molar-refractivity contribution in [1.29, 1.82) is 0 Å². The lowest BCUT2D eigenvalue weighted by Gasteiger charge is -2.37. The van der Waals surface area contributed by atoms with Crippen molar-refractivity contribution >= 4 is 23.2 Å². The first-order valence-corrected chi connectivity index (χ1v) is 13.6. The summed E-state index contributed by atoms with van der Waals surface area (Å²) in [5.41, 5.74) is 6.93. The van der Waals surface area contributed by atoms with Crippen molar-refractivity contribution in [3.05, 3.63) is 40.1 Å². The number of likely N-dealkylation sites (tertiary alicyclic amines) is 1. The second-order valence-electron chi connectivity index (χ2n) is 10.8. The predicted octanol–water partition coefficient (Wildman–Crippen LogP) is 4.20. The third kappa shape index (κ3) is 5.05. The van der Waals surface area contributed by atoms with Crippen LogP contribution in [0.25, 0.3) is 0 Å². The van der Waals surface area contributed by atoms with Gasteiger partial charge in [-0.3, -0.25) is 4.79 Å². The number of piperidine rings is 2. The minimum absolute atomic E-state index is 0.0621. The van der Waals surface area contributed by atoms with Gasteiger partial charge in [0.2, 0.25) is 5.91 Å². The van der Waals surface area contributed by atoms with Crippen LogP contribution in [0.3, 0.4) is 0 Å². The molecule has 8 heteroatoms. The molecule has 1 amide bonds. The van der Waals surface area contributed by atoms with Crippen LogP contribution in [0, 0.1) is 12.8 Å². The number of aliphatic hydroxyl groups is 1. The third-order valence-corrected chi connectivity index (χ3v) is 9.06. The Morgan fingerprint density at radius 1 is 1.20 bits per heavy atom. The Morgan fingerprint density at radius 2 is 1.94 bits per heavy atom. The third-order valence-electron chi connectivity index (χ3n) is 8.65. The van der Waals surface area contributed by atoms with Crippen LogP contribution in [0.4, 0.5) is 10.1 Å². The molecule has 3 aliphatic heterocycles. The highest BCUT2D eigenvalue weighted by Crippen LogP contribution is 2.37. The average molecular weight is 505 g/mol. The number of halogens is 2. The number of benzene rings is 1. The fraction of sp³-hybridized carbons (Fsp3) is 0.667. The molecule has 35 heavy (non-hydrogen) atoms. The number of alkyl halides is 1. The zero-order chi connectivity index (χ0) is 24.6. The lowest BCUT2D eigenvalue weighted by atomic mass is 9.92. The topological polar surface area (TPSA) is 59.0 Å². The summed E-state index contributed by atoms with van der Waals surface area (Å²) in [6.45, 7) is 5.40. The maximum absolute atomic E-state index is 14.4. The summed E-state index contributed by atoms with van der Waals surface area (Å²) < 4.78 is 14.4. The molecule has 0 radical (unpaired) electrons. The zero-order valence-electron chi connectivity index (χ0n) is 20.7. The molecule has 1 unspecified atom stereocenters. The largest absolute Gasteiger partial charge is 0.393 e. The van der Waals surface area contributed by atoms with Crippen LogP contribution in [-0.4, -0.2) is 72.0 Å². The van der Waals surface area contributed by atoms with E-state index in [4.69, 9.17) is 11.6 Å². The SMILES string of the molecule is Cc1c(Cl)cccc1N1CCC(CCN2NC(C(=O)N3CCC(F)(CO)CC3)C3=C2CCC3)CC1. The first-order valence-electron chi connectivity index (χ1n) is 13.2. The Balaban J connectivity index is 1.14. The number of nitrogens with zero attached hydrogens (tertiary/aromatic N) is 3. The number of anilines is 1. The van der Waals surface area contributed by atoms with Crippen molar-refractivity contribution < 1.29 is 14.3 Å². The van der Waals surface area contributed by atoms with E-state index in [9.17, 15) is 14.3 Å². The van der Waals surface area contributed by atoms with E-state index in [1.807, 2.05) is 12.1 Å². The number of hydrogen-bond acceptors (Lipinski definition) is 5. The highest BCUT2D eigenvalue weighted by Gasteiger charge is 2.42. The zero-order valence-corrected chi connectivity index (χ0v) is 21.5. The van der Waals surface area contributed by atoms with E-state index in [1.165, 1.54) is 17.0 Å². The van der Waals surface area contributed by atoms with Crippen molar-refractivity contribution in [3.8, 4) is 0 Å². The van der Waals surface area contributed by atoms with Gasteiger partial charge in [0.1, 0.15) is 11.7 Å². The minimum Gasteiger partial charge on any atom is -0.393 e. The van der Waals surface area contributed by atoms with E-state index in [2.05, 4.69) is 28.3 Å². The van der Waals surface area contributed by atoms with E-state index in [0.29, 0.717) is 19.0 Å². The molecule has 0 saturated carbocycles. The molecule has 192 valence electrons. The summed E-state index contributed by atoms with van der Waals surface area (Å²) in [6, 6.07) is 5.85. The smallest absolute Gasteiger partial charge is 0.245 e. The maximum Gasteiger partial charge on any atom is 0.245 e. The summed E-state index contributed by atoms with van der Waals surface area (Å²) in [7, 11) is 0. The van der Waals surface area contributed by atoms with Crippen LogP contribution >= 0.6 is 11.6 Å². The van der Waals surface area contributed by atoms with E-state index >= 15 is 0 Å². The quantitative estimate of drug-likeness (QED) is 0.608. The first kappa shape index (κ1) is 24.8. The van der Waals surface area contributed by atoms with Crippen LogP contribution in [-0.2, 0) is 4.79 Å². The molecule has 0 bridgehead atoms. The number of carbonyl (C=O) groups excluding carboxylic acids is 1. The van der Waals surface area contributed by atoms with Gasteiger partial charge in [0, 0.05) is 62.0 Å². The van der Waals surface area contributed by atoms with E-state index < -0.39 is 12.3 Å². The second kappa shape index (κ2) is 10.3. The lowest BCUT2D eigenvalue weighted by molar-refractivity contribution is -0.136. The van der Waals surface area contributed by atoms with Gasteiger partial charge in [0.15, 0.2) is 0 Å². The normalized spacial score (nSPS) is 24.9. The fourth-order valence-electron chi connectivity index (χ4n) is 6.27. The summed E-state index contributed by atoms with van der Waals surface area (Å²) >= 11 is 6.33.